The number of nitrogens with zero attached hydrogens (tertiary/aromatic N) is 2. The summed E-state index contributed by atoms with van der Waals surface area (Å²) in [5, 5.41) is 7.83. The summed E-state index contributed by atoms with van der Waals surface area (Å²) < 4.78 is 7.27. The summed E-state index contributed by atoms with van der Waals surface area (Å²) >= 11 is 0. The first-order chi connectivity index (χ1) is 8.93. The molecule has 0 radical (unpaired) electrons. The third kappa shape index (κ3) is 2.44. The highest BCUT2D eigenvalue weighted by Crippen LogP contribution is 2.14. The minimum absolute atomic E-state index is 0.482. The van der Waals surface area contributed by atoms with E-state index in [1.807, 2.05) is 23.0 Å². The molecule has 18 heavy (non-hydrogen) atoms. The van der Waals surface area contributed by atoms with E-state index in [0.29, 0.717) is 6.04 Å². The van der Waals surface area contributed by atoms with E-state index in [9.17, 15) is 0 Å². The van der Waals surface area contributed by atoms with E-state index in [0.717, 1.165) is 31.9 Å². The predicted octanol–water partition coefficient (Wildman–Crippen LogP) is 1.75. The fraction of sp³-hybridized carbons (Fsp3) is 0.357. The lowest BCUT2D eigenvalue weighted by Crippen LogP contribution is -2.29. The Balaban J connectivity index is 1.75. The van der Waals surface area contributed by atoms with Crippen molar-refractivity contribution in [1.29, 1.82) is 0 Å². The van der Waals surface area contributed by atoms with E-state index >= 15 is 0 Å². The summed E-state index contributed by atoms with van der Waals surface area (Å²) in [4.78, 5) is 0. The second kappa shape index (κ2) is 5.33. The van der Waals surface area contributed by atoms with Crippen molar-refractivity contribution in [3.05, 3.63) is 48.3 Å². The van der Waals surface area contributed by atoms with Crippen molar-refractivity contribution >= 4 is 0 Å². The molecule has 1 atom stereocenters. The van der Waals surface area contributed by atoms with E-state index in [1.165, 1.54) is 5.56 Å². The molecule has 4 heteroatoms. The molecule has 94 valence electrons. The van der Waals surface area contributed by atoms with Gasteiger partial charge in [-0.2, -0.15) is 5.10 Å². The Bertz CT molecular complexity index is 490. The highest BCUT2D eigenvalue weighted by molar-refractivity contribution is 5.40. The van der Waals surface area contributed by atoms with Crippen molar-refractivity contribution in [1.82, 2.24) is 15.1 Å². The van der Waals surface area contributed by atoms with Gasteiger partial charge in [0.1, 0.15) is 0 Å². The molecule has 1 aliphatic heterocycles. The molecule has 0 aliphatic carbocycles. The van der Waals surface area contributed by atoms with Crippen LogP contribution < -0.4 is 5.32 Å². The van der Waals surface area contributed by atoms with Gasteiger partial charge in [0.2, 0.25) is 0 Å². The largest absolute Gasteiger partial charge is 0.380 e. The second-order valence-electron chi connectivity index (χ2n) is 4.52. The first-order valence-corrected chi connectivity index (χ1v) is 6.32. The minimum atomic E-state index is 0.482. The molecule has 1 fully saturated rings. The highest BCUT2D eigenvalue weighted by atomic mass is 16.5. The third-order valence-electron chi connectivity index (χ3n) is 3.25. The van der Waals surface area contributed by atoms with E-state index in [2.05, 4.69) is 28.6 Å². The van der Waals surface area contributed by atoms with Gasteiger partial charge < -0.3 is 10.1 Å². The fourth-order valence-electron chi connectivity index (χ4n) is 2.24. The normalized spacial score (nSPS) is 19.2. The maximum absolute atomic E-state index is 5.37. The van der Waals surface area contributed by atoms with Crippen LogP contribution in [-0.2, 0) is 11.3 Å². The highest BCUT2D eigenvalue weighted by Gasteiger charge is 2.15. The monoisotopic (exact) mass is 243 g/mol. The number of benzene rings is 1. The quantitative estimate of drug-likeness (QED) is 0.889. The number of hydrogen-bond acceptors (Lipinski definition) is 3. The second-order valence-corrected chi connectivity index (χ2v) is 4.52. The molecule has 1 aromatic carbocycles. The molecule has 1 aromatic heterocycles. The molecule has 1 saturated heterocycles. The Labute approximate surface area is 107 Å². The predicted molar refractivity (Wildman–Crippen MR) is 69.6 cm³/mol. The maximum atomic E-state index is 5.37. The van der Waals surface area contributed by atoms with Crippen LogP contribution in [0, 0.1) is 0 Å². The number of ether oxygens (including phenoxy) is 1. The Morgan fingerprint density at radius 3 is 3.06 bits per heavy atom. The van der Waals surface area contributed by atoms with Crippen LogP contribution in [-0.4, -0.2) is 29.0 Å². The molecule has 0 unspecified atom stereocenters. The zero-order chi connectivity index (χ0) is 12.2. The van der Waals surface area contributed by atoms with E-state index < -0.39 is 0 Å². The average Bonchev–Trinajstić information content (AvgIpc) is 3.10. The first-order valence-electron chi connectivity index (χ1n) is 6.32. The Morgan fingerprint density at radius 2 is 2.28 bits per heavy atom. The summed E-state index contributed by atoms with van der Waals surface area (Å²) in [6.45, 7) is 2.55. The molecule has 1 aliphatic rings. The fourth-order valence-corrected chi connectivity index (χ4v) is 2.24. The third-order valence-corrected chi connectivity index (χ3v) is 3.25. The molecule has 0 spiro atoms. The summed E-state index contributed by atoms with van der Waals surface area (Å²) in [7, 11) is 0. The molecule has 4 nitrogen and oxygen atoms in total. The van der Waals surface area contributed by atoms with Gasteiger partial charge in [0, 0.05) is 31.6 Å². The molecule has 0 amide bonds. The van der Waals surface area contributed by atoms with Crippen LogP contribution >= 0.6 is 0 Å². The Hall–Kier alpha value is -1.65. The van der Waals surface area contributed by atoms with Gasteiger partial charge in [-0.1, -0.05) is 18.2 Å². The number of rotatable bonds is 4. The summed E-state index contributed by atoms with van der Waals surface area (Å²) in [6.07, 6.45) is 4.87. The molecule has 0 saturated carbocycles. The van der Waals surface area contributed by atoms with Crippen molar-refractivity contribution in [3.63, 3.8) is 0 Å². The van der Waals surface area contributed by atoms with E-state index in [1.54, 1.807) is 6.20 Å². The van der Waals surface area contributed by atoms with Crippen molar-refractivity contribution < 1.29 is 4.74 Å². The minimum Gasteiger partial charge on any atom is -0.380 e. The Kier molecular flexibility index (Phi) is 3.39. The van der Waals surface area contributed by atoms with Gasteiger partial charge in [-0.05, 0) is 24.1 Å². The zero-order valence-corrected chi connectivity index (χ0v) is 10.2. The van der Waals surface area contributed by atoms with Crippen molar-refractivity contribution in [2.24, 2.45) is 0 Å². The molecule has 2 heterocycles. The Morgan fingerprint density at radius 1 is 1.33 bits per heavy atom. The average molecular weight is 243 g/mol. The summed E-state index contributed by atoms with van der Waals surface area (Å²) in [5.41, 5.74) is 2.39. The lowest BCUT2D eigenvalue weighted by molar-refractivity contribution is 0.190. The molecular formula is C14H17N3O. The SMILES string of the molecule is c1ccc(-n2cccn2)c(CN[C@H]2CCOC2)c1. The molecular weight excluding hydrogens is 226 g/mol. The zero-order valence-electron chi connectivity index (χ0n) is 10.2. The topological polar surface area (TPSA) is 39.1 Å². The van der Waals surface area contributed by atoms with Crippen molar-refractivity contribution in [2.45, 2.75) is 19.0 Å². The van der Waals surface area contributed by atoms with Crippen LogP contribution in [0.5, 0.6) is 0 Å². The van der Waals surface area contributed by atoms with Gasteiger partial charge in [-0.3, -0.25) is 0 Å². The lowest BCUT2D eigenvalue weighted by Gasteiger charge is -2.13. The number of hydrogen-bond donors (Lipinski definition) is 1. The molecule has 3 rings (SSSR count). The summed E-state index contributed by atoms with van der Waals surface area (Å²) in [5.74, 6) is 0. The molecule has 2 aromatic rings. The number of nitrogens with one attached hydrogen (secondary N) is 1. The summed E-state index contributed by atoms with van der Waals surface area (Å²) in [6, 6.07) is 10.8. The van der Waals surface area contributed by atoms with E-state index in [-0.39, 0.29) is 0 Å². The van der Waals surface area contributed by atoms with Gasteiger partial charge in [0.05, 0.1) is 12.3 Å². The lowest BCUT2D eigenvalue weighted by atomic mass is 10.1. The number of aromatic nitrogens is 2. The van der Waals surface area contributed by atoms with Crippen LogP contribution in [0.2, 0.25) is 0 Å². The van der Waals surface area contributed by atoms with Crippen molar-refractivity contribution in [3.8, 4) is 5.69 Å². The van der Waals surface area contributed by atoms with E-state index in [4.69, 9.17) is 4.74 Å². The van der Waals surface area contributed by atoms with Crippen LogP contribution in [0.1, 0.15) is 12.0 Å². The van der Waals surface area contributed by atoms with Gasteiger partial charge in [0.15, 0.2) is 0 Å². The standard InChI is InChI=1S/C14H17N3O/c1-2-5-14(17-8-3-7-16-17)12(4-1)10-15-13-6-9-18-11-13/h1-5,7-8,13,15H,6,9-11H2/t13-/m0/s1. The first kappa shape index (κ1) is 11.4. The van der Waals surface area contributed by atoms with Crippen LogP contribution in [0.3, 0.4) is 0 Å². The number of para-hydroxylation sites is 1. The van der Waals surface area contributed by atoms with Crippen LogP contribution in [0.25, 0.3) is 5.69 Å². The van der Waals surface area contributed by atoms with Crippen LogP contribution in [0.4, 0.5) is 0 Å². The molecule has 0 bridgehead atoms. The van der Waals surface area contributed by atoms with Crippen LogP contribution in [0.15, 0.2) is 42.7 Å². The maximum Gasteiger partial charge on any atom is 0.0690 e. The van der Waals surface area contributed by atoms with Crippen molar-refractivity contribution in [2.75, 3.05) is 13.2 Å². The van der Waals surface area contributed by atoms with Gasteiger partial charge in [-0.25, -0.2) is 4.68 Å². The van der Waals surface area contributed by atoms with Gasteiger partial charge >= 0.3 is 0 Å². The van der Waals surface area contributed by atoms with Gasteiger partial charge in [-0.15, -0.1) is 0 Å². The van der Waals surface area contributed by atoms with Gasteiger partial charge in [0.25, 0.3) is 0 Å². The smallest absolute Gasteiger partial charge is 0.0690 e. The molecule has 1 N–H and O–H groups in total.